The average Bonchev–Trinajstić information content (AvgIpc) is 2.77. The van der Waals surface area contributed by atoms with Crippen molar-refractivity contribution in [1.29, 1.82) is 5.26 Å². The topological polar surface area (TPSA) is 108 Å². The Morgan fingerprint density at radius 3 is 2.40 bits per heavy atom. The van der Waals surface area contributed by atoms with Crippen molar-refractivity contribution in [3.63, 3.8) is 0 Å². The fourth-order valence-corrected chi connectivity index (χ4v) is 3.60. The van der Waals surface area contributed by atoms with Crippen LogP contribution in [0.1, 0.15) is 11.1 Å². The van der Waals surface area contributed by atoms with Crippen molar-refractivity contribution in [2.45, 2.75) is 11.4 Å². The number of hydrogen-bond acceptors (Lipinski definition) is 5. The van der Waals surface area contributed by atoms with Crippen LogP contribution in [0.15, 0.2) is 83.8 Å². The Balaban J connectivity index is 1.53. The van der Waals surface area contributed by atoms with Gasteiger partial charge in [-0.15, -0.1) is 0 Å². The van der Waals surface area contributed by atoms with Gasteiger partial charge in [0, 0.05) is 12.2 Å². The predicted octanol–water partition coefficient (Wildman–Crippen LogP) is 3.05. The van der Waals surface area contributed by atoms with Crippen LogP contribution in [0.25, 0.3) is 0 Å². The molecule has 0 bridgehead atoms. The highest BCUT2D eigenvalue weighted by Gasteiger charge is 2.14. The first kappa shape index (κ1) is 21.0. The van der Waals surface area contributed by atoms with Crippen LogP contribution in [0.2, 0.25) is 0 Å². The second-order valence-corrected chi connectivity index (χ2v) is 8.08. The maximum Gasteiger partial charge on any atom is 0.262 e. The van der Waals surface area contributed by atoms with Crippen LogP contribution in [0.5, 0.6) is 5.75 Å². The molecule has 3 aromatic rings. The highest BCUT2D eigenvalue weighted by atomic mass is 32.2. The van der Waals surface area contributed by atoms with Crippen LogP contribution < -0.4 is 14.8 Å². The van der Waals surface area contributed by atoms with Gasteiger partial charge in [-0.05, 0) is 48.0 Å². The fourth-order valence-electron chi connectivity index (χ4n) is 2.59. The van der Waals surface area contributed by atoms with Crippen molar-refractivity contribution in [2.75, 3.05) is 11.9 Å². The first-order valence-electron chi connectivity index (χ1n) is 9.03. The maximum atomic E-state index is 12.4. The quantitative estimate of drug-likeness (QED) is 0.581. The zero-order valence-corrected chi connectivity index (χ0v) is 16.7. The van der Waals surface area contributed by atoms with Crippen molar-refractivity contribution < 1.29 is 17.9 Å². The van der Waals surface area contributed by atoms with E-state index in [9.17, 15) is 13.2 Å². The minimum absolute atomic E-state index is 0.101. The minimum Gasteiger partial charge on any atom is -0.484 e. The summed E-state index contributed by atoms with van der Waals surface area (Å²) in [6.07, 6.45) is 0. The summed E-state index contributed by atoms with van der Waals surface area (Å²) in [4.78, 5) is 12.1. The van der Waals surface area contributed by atoms with E-state index in [2.05, 4.69) is 10.0 Å². The molecule has 0 unspecified atom stereocenters. The summed E-state index contributed by atoms with van der Waals surface area (Å²) in [6, 6.07) is 23.5. The van der Waals surface area contributed by atoms with Gasteiger partial charge in [0.05, 0.1) is 16.5 Å². The number of anilines is 1. The molecule has 0 heterocycles. The number of nitriles is 1. The number of hydrogen-bond donors (Lipinski definition) is 2. The van der Waals surface area contributed by atoms with E-state index in [0.29, 0.717) is 17.0 Å². The lowest BCUT2D eigenvalue weighted by Gasteiger charge is -2.10. The molecule has 30 heavy (non-hydrogen) atoms. The Bertz CT molecular complexity index is 1150. The lowest BCUT2D eigenvalue weighted by Crippen LogP contribution is -2.23. The Morgan fingerprint density at radius 2 is 1.70 bits per heavy atom. The van der Waals surface area contributed by atoms with E-state index in [1.807, 2.05) is 36.4 Å². The molecule has 0 saturated carbocycles. The van der Waals surface area contributed by atoms with Gasteiger partial charge in [0.1, 0.15) is 5.75 Å². The van der Waals surface area contributed by atoms with Crippen LogP contribution >= 0.6 is 0 Å². The van der Waals surface area contributed by atoms with Crippen molar-refractivity contribution in [3.8, 4) is 11.8 Å². The monoisotopic (exact) mass is 421 g/mol. The standard InChI is InChI=1S/C22H19N3O4S/c23-14-18-7-4-8-19(13-18)25-22(26)16-29-20-9-11-21(12-10-20)30(27,28)24-15-17-5-2-1-3-6-17/h1-13,24H,15-16H2,(H,25,26). The first-order chi connectivity index (χ1) is 14.5. The molecule has 3 aromatic carbocycles. The van der Waals surface area contributed by atoms with Crippen LogP contribution in [0, 0.1) is 11.3 Å². The Labute approximate surface area is 175 Å². The van der Waals surface area contributed by atoms with Crippen LogP contribution in [0.3, 0.4) is 0 Å². The molecule has 3 rings (SSSR count). The summed E-state index contributed by atoms with van der Waals surface area (Å²) >= 11 is 0. The van der Waals surface area contributed by atoms with Crippen molar-refractivity contribution in [2.24, 2.45) is 0 Å². The predicted molar refractivity (Wildman–Crippen MR) is 112 cm³/mol. The lowest BCUT2D eigenvalue weighted by molar-refractivity contribution is -0.118. The second kappa shape index (κ2) is 9.69. The number of carbonyl (C=O) groups excluding carboxylic acids is 1. The van der Waals surface area contributed by atoms with Gasteiger partial charge < -0.3 is 10.1 Å². The van der Waals surface area contributed by atoms with E-state index in [0.717, 1.165) is 5.56 Å². The molecule has 0 aliphatic heterocycles. The highest BCUT2D eigenvalue weighted by Crippen LogP contribution is 2.17. The summed E-state index contributed by atoms with van der Waals surface area (Å²) in [7, 11) is -3.67. The third kappa shape index (κ3) is 5.91. The molecule has 0 aliphatic carbocycles. The smallest absolute Gasteiger partial charge is 0.262 e. The zero-order valence-electron chi connectivity index (χ0n) is 15.9. The molecule has 0 aromatic heterocycles. The van der Waals surface area contributed by atoms with Crippen molar-refractivity contribution in [3.05, 3.63) is 90.0 Å². The molecule has 0 fully saturated rings. The summed E-state index contributed by atoms with van der Waals surface area (Å²) < 4.78 is 32.7. The van der Waals surface area contributed by atoms with Crippen LogP contribution in [-0.2, 0) is 21.4 Å². The molecule has 1 amide bonds. The molecular weight excluding hydrogens is 402 g/mol. The maximum absolute atomic E-state index is 12.4. The Hall–Kier alpha value is -3.67. The van der Waals surface area contributed by atoms with E-state index in [4.69, 9.17) is 10.00 Å². The van der Waals surface area contributed by atoms with E-state index in [1.165, 1.54) is 24.3 Å². The van der Waals surface area contributed by atoms with Crippen LogP contribution in [0.4, 0.5) is 5.69 Å². The number of nitrogens with one attached hydrogen (secondary N) is 2. The number of ether oxygens (including phenoxy) is 1. The molecule has 0 spiro atoms. The van der Waals surface area contributed by atoms with Crippen LogP contribution in [-0.4, -0.2) is 20.9 Å². The average molecular weight is 421 g/mol. The van der Waals surface area contributed by atoms with Gasteiger partial charge in [0.25, 0.3) is 5.91 Å². The SMILES string of the molecule is N#Cc1cccc(NC(=O)COc2ccc(S(=O)(=O)NCc3ccccc3)cc2)c1. The Morgan fingerprint density at radius 1 is 0.967 bits per heavy atom. The molecular formula is C22H19N3O4S. The van der Waals surface area contributed by atoms with Crippen molar-refractivity contribution >= 4 is 21.6 Å². The number of rotatable bonds is 8. The van der Waals surface area contributed by atoms with Crippen molar-refractivity contribution in [1.82, 2.24) is 4.72 Å². The third-order valence-corrected chi connectivity index (χ3v) is 5.51. The molecule has 2 N–H and O–H groups in total. The summed E-state index contributed by atoms with van der Waals surface area (Å²) in [5, 5.41) is 11.5. The highest BCUT2D eigenvalue weighted by molar-refractivity contribution is 7.89. The molecule has 0 radical (unpaired) electrons. The first-order valence-corrected chi connectivity index (χ1v) is 10.5. The normalized spacial score (nSPS) is 10.8. The minimum atomic E-state index is -3.67. The number of nitrogens with zero attached hydrogens (tertiary/aromatic N) is 1. The molecule has 7 nitrogen and oxygen atoms in total. The largest absolute Gasteiger partial charge is 0.484 e. The molecule has 8 heteroatoms. The Kier molecular flexibility index (Phi) is 6.80. The summed E-state index contributed by atoms with van der Waals surface area (Å²) in [5.74, 6) is -0.0377. The van der Waals surface area contributed by atoms with Gasteiger partial charge in [-0.1, -0.05) is 36.4 Å². The summed E-state index contributed by atoms with van der Waals surface area (Å²) in [6.45, 7) is -0.0657. The van der Waals surface area contributed by atoms with E-state index >= 15 is 0 Å². The summed E-state index contributed by atoms with van der Waals surface area (Å²) in [5.41, 5.74) is 1.78. The van der Waals surface area contributed by atoms with Gasteiger partial charge in [-0.3, -0.25) is 4.79 Å². The third-order valence-electron chi connectivity index (χ3n) is 4.09. The molecule has 0 atom stereocenters. The van der Waals surface area contributed by atoms with Gasteiger partial charge in [-0.2, -0.15) is 5.26 Å². The van der Waals surface area contributed by atoms with Gasteiger partial charge >= 0.3 is 0 Å². The lowest BCUT2D eigenvalue weighted by atomic mass is 10.2. The zero-order chi connectivity index (χ0) is 21.4. The molecule has 152 valence electrons. The van der Waals surface area contributed by atoms with Gasteiger partial charge in [0.15, 0.2) is 6.61 Å². The number of benzene rings is 3. The van der Waals surface area contributed by atoms with E-state index < -0.39 is 15.9 Å². The number of sulfonamides is 1. The van der Waals surface area contributed by atoms with E-state index in [1.54, 1.807) is 24.3 Å². The van der Waals surface area contributed by atoms with Gasteiger partial charge in [0.2, 0.25) is 10.0 Å². The van der Waals surface area contributed by atoms with Gasteiger partial charge in [-0.25, -0.2) is 13.1 Å². The van der Waals surface area contributed by atoms with E-state index in [-0.39, 0.29) is 18.0 Å². The number of amides is 1. The second-order valence-electron chi connectivity index (χ2n) is 6.31. The molecule has 0 aliphatic rings. The molecule has 0 saturated heterocycles. The fraction of sp³-hybridized carbons (Fsp3) is 0.0909. The number of carbonyl (C=O) groups is 1.